The van der Waals surface area contributed by atoms with Crippen LogP contribution in [0, 0.1) is 10.8 Å². The van der Waals surface area contributed by atoms with Crippen LogP contribution in [0.4, 0.5) is 0 Å². The van der Waals surface area contributed by atoms with Gasteiger partial charge in [-0.1, -0.05) is 49.7 Å². The summed E-state index contributed by atoms with van der Waals surface area (Å²) in [5, 5.41) is 9.95. The Morgan fingerprint density at radius 3 is 2.50 bits per heavy atom. The van der Waals surface area contributed by atoms with Crippen LogP contribution in [0.25, 0.3) is 6.08 Å². The van der Waals surface area contributed by atoms with Crippen molar-refractivity contribution in [2.75, 3.05) is 0 Å². The first-order chi connectivity index (χ1) is 7.87. The van der Waals surface area contributed by atoms with E-state index in [-0.39, 0.29) is 17.8 Å². The van der Waals surface area contributed by atoms with Crippen LogP contribution in [-0.4, -0.2) is 11.1 Å². The first-order valence-electron chi connectivity index (χ1n) is 5.56. The third-order valence-corrected chi connectivity index (χ3v) is 3.83. The van der Waals surface area contributed by atoms with E-state index >= 15 is 0 Å². The van der Waals surface area contributed by atoms with Gasteiger partial charge in [0, 0.05) is 5.02 Å². The summed E-state index contributed by atoms with van der Waals surface area (Å²) in [5.41, 5.74) is 0.0595. The zero-order chi connectivity index (χ0) is 12.7. The molecule has 1 aromatic rings. The lowest BCUT2D eigenvalue weighted by molar-refractivity contribution is -0.142. The summed E-state index contributed by atoms with van der Waals surface area (Å²) in [6.07, 6.45) is 4.32. The average molecular weight is 287 g/mol. The van der Waals surface area contributed by atoms with Gasteiger partial charge in [0.2, 0.25) is 0 Å². The second-order valence-corrected chi connectivity index (χ2v) is 5.66. The van der Waals surface area contributed by atoms with Gasteiger partial charge in [0.1, 0.15) is 0 Å². The molecule has 0 radical (unpaired) electrons. The Hall–Kier alpha value is -0.990. The minimum absolute atomic E-state index is 0. The summed E-state index contributed by atoms with van der Waals surface area (Å²) < 4.78 is 0. The Morgan fingerprint density at radius 2 is 2.06 bits per heavy atom. The second kappa shape index (κ2) is 4.94. The molecule has 0 aliphatic heterocycles. The van der Waals surface area contributed by atoms with E-state index in [2.05, 4.69) is 0 Å². The molecule has 1 unspecified atom stereocenters. The molecule has 0 saturated heterocycles. The topological polar surface area (TPSA) is 37.3 Å². The molecule has 2 nitrogen and oxygen atoms in total. The van der Waals surface area contributed by atoms with E-state index < -0.39 is 11.4 Å². The summed E-state index contributed by atoms with van der Waals surface area (Å²) in [4.78, 5) is 11.3. The Balaban J connectivity index is 0.00000162. The third kappa shape index (κ3) is 2.55. The Kier molecular flexibility index (Phi) is 4.14. The van der Waals surface area contributed by atoms with Gasteiger partial charge < -0.3 is 5.11 Å². The maximum absolute atomic E-state index is 11.3. The molecule has 4 heteroatoms. The standard InChI is InChI=1S/C14H15ClO2.ClH/c1-13(2)9-14(13,12(16)17)7-6-10-4-3-5-11(15)8-10;/h3-8H,9H2,1-2H3,(H,16,17);1H. The van der Waals surface area contributed by atoms with E-state index in [0.717, 1.165) is 5.56 Å². The predicted molar refractivity (Wildman–Crippen MR) is 76.2 cm³/mol. The normalized spacial score (nSPS) is 24.6. The molecule has 1 N–H and O–H groups in total. The molecule has 0 heterocycles. The molecule has 1 aliphatic rings. The number of rotatable bonds is 3. The first-order valence-corrected chi connectivity index (χ1v) is 5.93. The minimum Gasteiger partial charge on any atom is -0.481 e. The lowest BCUT2D eigenvalue weighted by atomic mass is 9.95. The number of carboxylic acids is 1. The molecule has 1 saturated carbocycles. The minimum atomic E-state index is -0.749. The SMILES string of the molecule is CC1(C)CC1(C=Cc1cccc(Cl)c1)C(=O)O.Cl. The number of hydrogen-bond acceptors (Lipinski definition) is 1. The van der Waals surface area contributed by atoms with Crippen LogP contribution in [0.15, 0.2) is 30.3 Å². The van der Waals surface area contributed by atoms with Crippen molar-refractivity contribution in [3.8, 4) is 0 Å². The average Bonchev–Trinajstić information content (AvgIpc) is 2.80. The molecule has 0 bridgehead atoms. The van der Waals surface area contributed by atoms with Crippen molar-refractivity contribution in [1.29, 1.82) is 0 Å². The van der Waals surface area contributed by atoms with Gasteiger partial charge in [0.25, 0.3) is 0 Å². The second-order valence-electron chi connectivity index (χ2n) is 5.23. The van der Waals surface area contributed by atoms with Crippen LogP contribution >= 0.6 is 24.0 Å². The molecule has 2 rings (SSSR count). The monoisotopic (exact) mass is 286 g/mol. The molecule has 0 spiro atoms. The van der Waals surface area contributed by atoms with Crippen molar-refractivity contribution >= 4 is 36.1 Å². The molecule has 1 aromatic carbocycles. The van der Waals surface area contributed by atoms with Gasteiger partial charge in [-0.05, 0) is 29.5 Å². The maximum Gasteiger partial charge on any atom is 0.314 e. The summed E-state index contributed by atoms with van der Waals surface area (Å²) in [6.45, 7) is 3.95. The highest BCUT2D eigenvalue weighted by atomic mass is 35.5. The van der Waals surface area contributed by atoms with Gasteiger partial charge in [0.05, 0.1) is 5.41 Å². The Morgan fingerprint density at radius 1 is 1.44 bits per heavy atom. The van der Waals surface area contributed by atoms with Gasteiger partial charge in [-0.25, -0.2) is 0 Å². The number of halogens is 2. The largest absolute Gasteiger partial charge is 0.481 e. The van der Waals surface area contributed by atoms with Crippen LogP contribution in [0.5, 0.6) is 0 Å². The molecule has 98 valence electrons. The van der Waals surface area contributed by atoms with Crippen molar-refractivity contribution in [1.82, 2.24) is 0 Å². The molecular weight excluding hydrogens is 271 g/mol. The molecule has 1 atom stereocenters. The highest BCUT2D eigenvalue weighted by molar-refractivity contribution is 6.30. The predicted octanol–water partition coefficient (Wildman–Crippen LogP) is 4.28. The molecule has 0 amide bonds. The van der Waals surface area contributed by atoms with Crippen LogP contribution in [0.3, 0.4) is 0 Å². The highest BCUT2D eigenvalue weighted by Gasteiger charge is 2.65. The van der Waals surface area contributed by atoms with E-state index in [0.29, 0.717) is 11.4 Å². The number of benzene rings is 1. The quantitative estimate of drug-likeness (QED) is 0.901. The van der Waals surface area contributed by atoms with E-state index in [9.17, 15) is 9.90 Å². The van der Waals surface area contributed by atoms with Crippen molar-refractivity contribution in [3.63, 3.8) is 0 Å². The molecular formula is C14H16Cl2O2. The van der Waals surface area contributed by atoms with E-state index in [1.54, 1.807) is 12.1 Å². The molecule has 0 aromatic heterocycles. The summed E-state index contributed by atoms with van der Waals surface area (Å²) in [7, 11) is 0. The molecule has 18 heavy (non-hydrogen) atoms. The van der Waals surface area contributed by atoms with Gasteiger partial charge in [-0.3, -0.25) is 4.79 Å². The van der Waals surface area contributed by atoms with Crippen LogP contribution in [0.1, 0.15) is 25.8 Å². The smallest absolute Gasteiger partial charge is 0.314 e. The number of aliphatic carboxylic acids is 1. The Labute approximate surface area is 118 Å². The molecule has 1 aliphatic carbocycles. The summed E-state index contributed by atoms with van der Waals surface area (Å²) >= 11 is 5.88. The van der Waals surface area contributed by atoms with Gasteiger partial charge in [-0.15, -0.1) is 12.4 Å². The molecule has 1 fully saturated rings. The fraction of sp³-hybridized carbons (Fsp3) is 0.357. The zero-order valence-corrected chi connectivity index (χ0v) is 11.9. The fourth-order valence-electron chi connectivity index (χ4n) is 2.22. The number of carboxylic acid groups (broad SMARTS) is 1. The van der Waals surface area contributed by atoms with Crippen molar-refractivity contribution in [2.45, 2.75) is 20.3 Å². The summed E-state index contributed by atoms with van der Waals surface area (Å²) in [5.74, 6) is -0.749. The van der Waals surface area contributed by atoms with Crippen LogP contribution < -0.4 is 0 Å². The highest BCUT2D eigenvalue weighted by Crippen LogP contribution is 2.64. The van der Waals surface area contributed by atoms with Gasteiger partial charge in [-0.2, -0.15) is 0 Å². The number of hydrogen-bond donors (Lipinski definition) is 1. The van der Waals surface area contributed by atoms with E-state index in [1.807, 2.05) is 38.1 Å². The van der Waals surface area contributed by atoms with Crippen molar-refractivity contribution in [2.24, 2.45) is 10.8 Å². The van der Waals surface area contributed by atoms with E-state index in [4.69, 9.17) is 11.6 Å². The van der Waals surface area contributed by atoms with Crippen LogP contribution in [0.2, 0.25) is 5.02 Å². The fourth-order valence-corrected chi connectivity index (χ4v) is 2.42. The maximum atomic E-state index is 11.3. The lowest BCUT2D eigenvalue weighted by Gasteiger charge is -2.10. The number of carbonyl (C=O) groups is 1. The van der Waals surface area contributed by atoms with Gasteiger partial charge >= 0.3 is 5.97 Å². The van der Waals surface area contributed by atoms with Crippen molar-refractivity contribution in [3.05, 3.63) is 40.9 Å². The first kappa shape index (κ1) is 15.1. The third-order valence-electron chi connectivity index (χ3n) is 3.59. The van der Waals surface area contributed by atoms with E-state index in [1.165, 1.54) is 0 Å². The Bertz CT molecular complexity index is 494. The van der Waals surface area contributed by atoms with Crippen LogP contribution in [-0.2, 0) is 4.79 Å². The summed E-state index contributed by atoms with van der Waals surface area (Å²) in [6, 6.07) is 7.39. The zero-order valence-electron chi connectivity index (χ0n) is 10.3. The van der Waals surface area contributed by atoms with Gasteiger partial charge in [0.15, 0.2) is 0 Å². The van der Waals surface area contributed by atoms with Crippen molar-refractivity contribution < 1.29 is 9.90 Å². The lowest BCUT2D eigenvalue weighted by Crippen LogP contribution is -2.17.